The molecule has 31 heavy (non-hydrogen) atoms. The Hall–Kier alpha value is -3.32. The van der Waals surface area contributed by atoms with E-state index in [1.54, 1.807) is 30.3 Å². The topological polar surface area (TPSA) is 72.9 Å². The van der Waals surface area contributed by atoms with E-state index in [1.807, 2.05) is 32.9 Å². The van der Waals surface area contributed by atoms with Crippen LogP contribution in [-0.2, 0) is 14.8 Å². The largest absolute Gasteiger partial charge is 0.497 e. The summed E-state index contributed by atoms with van der Waals surface area (Å²) in [5.74, 6) is 0.435. The minimum absolute atomic E-state index is 0.0158. The lowest BCUT2D eigenvalue weighted by atomic mass is 10.1. The fourth-order valence-electron chi connectivity index (χ4n) is 3.17. The van der Waals surface area contributed by atoms with Crippen LogP contribution in [0.3, 0.4) is 0 Å². The monoisotopic (exact) mass is 439 g/mol. The lowest BCUT2D eigenvalue weighted by Gasteiger charge is -2.23. The molecule has 1 amide bonds. The van der Waals surface area contributed by atoms with Crippen molar-refractivity contribution in [3.63, 3.8) is 0 Å². The van der Waals surface area contributed by atoms with Crippen molar-refractivity contribution < 1.29 is 22.7 Å². The van der Waals surface area contributed by atoms with Crippen LogP contribution in [0, 0.1) is 20.8 Å². The quantitative estimate of drug-likeness (QED) is 0.545. The van der Waals surface area contributed by atoms with Crippen molar-refractivity contribution in [2.45, 2.75) is 25.7 Å². The molecule has 0 atom stereocenters. The first-order valence-corrected chi connectivity index (χ1v) is 11.2. The molecular weight excluding hydrogens is 414 g/mol. The number of anilines is 1. The van der Waals surface area contributed by atoms with Crippen LogP contribution in [0.15, 0.2) is 71.6 Å². The molecule has 0 saturated heterocycles. The number of methoxy groups -OCH3 is 1. The van der Waals surface area contributed by atoms with Gasteiger partial charge in [0.2, 0.25) is 0 Å². The number of hydrogen-bond donors (Lipinski definition) is 0. The van der Waals surface area contributed by atoms with E-state index in [4.69, 9.17) is 9.47 Å². The van der Waals surface area contributed by atoms with Crippen LogP contribution in [0.1, 0.15) is 16.7 Å². The molecule has 3 aromatic carbocycles. The van der Waals surface area contributed by atoms with Crippen molar-refractivity contribution in [2.24, 2.45) is 0 Å². The highest BCUT2D eigenvalue weighted by Gasteiger charge is 2.31. The zero-order valence-electron chi connectivity index (χ0n) is 18.0. The molecule has 6 nitrogen and oxygen atoms in total. The maximum Gasteiger partial charge on any atom is 0.278 e. The van der Waals surface area contributed by atoms with E-state index in [0.717, 1.165) is 21.0 Å². The van der Waals surface area contributed by atoms with E-state index >= 15 is 0 Å². The number of nitrogens with zero attached hydrogens (tertiary/aromatic N) is 1. The highest BCUT2D eigenvalue weighted by Crippen LogP contribution is 2.28. The number of amides is 1. The maximum absolute atomic E-state index is 13.3. The van der Waals surface area contributed by atoms with Crippen LogP contribution < -0.4 is 13.8 Å². The number of ether oxygens (including phenoxy) is 2. The molecule has 7 heteroatoms. The standard InChI is InChI=1S/C24H25NO5S/c1-17-10-11-18(2)24(19(17)3)30-16-23(26)25(20-12-14-21(29-4)15-13-20)31(27,28)22-8-6-5-7-9-22/h5-15H,16H2,1-4H3. The summed E-state index contributed by atoms with van der Waals surface area (Å²) in [7, 11) is -2.63. The van der Waals surface area contributed by atoms with Gasteiger partial charge in [-0.1, -0.05) is 30.3 Å². The highest BCUT2D eigenvalue weighted by molar-refractivity contribution is 7.93. The summed E-state index contributed by atoms with van der Waals surface area (Å²) in [6, 6.07) is 18.0. The Labute approximate surface area is 183 Å². The third-order valence-electron chi connectivity index (χ3n) is 5.03. The third kappa shape index (κ3) is 4.72. The van der Waals surface area contributed by atoms with Crippen molar-refractivity contribution in [1.82, 2.24) is 0 Å². The van der Waals surface area contributed by atoms with Gasteiger partial charge < -0.3 is 9.47 Å². The molecule has 0 aliphatic rings. The Morgan fingerprint density at radius 1 is 0.871 bits per heavy atom. The van der Waals surface area contributed by atoms with E-state index in [-0.39, 0.29) is 10.6 Å². The van der Waals surface area contributed by atoms with Crippen molar-refractivity contribution in [2.75, 3.05) is 18.0 Å². The van der Waals surface area contributed by atoms with Gasteiger partial charge >= 0.3 is 0 Å². The average molecular weight is 440 g/mol. The first-order chi connectivity index (χ1) is 14.8. The van der Waals surface area contributed by atoms with Crippen molar-refractivity contribution >= 4 is 21.6 Å². The van der Waals surface area contributed by atoms with Crippen LogP contribution in [-0.4, -0.2) is 28.0 Å². The fourth-order valence-corrected chi connectivity index (χ4v) is 4.60. The smallest absolute Gasteiger partial charge is 0.278 e. The molecule has 0 fully saturated rings. The second-order valence-corrected chi connectivity index (χ2v) is 8.90. The van der Waals surface area contributed by atoms with Crippen molar-refractivity contribution in [3.05, 3.63) is 83.4 Å². The molecule has 0 N–H and O–H groups in total. The lowest BCUT2D eigenvalue weighted by Crippen LogP contribution is -2.40. The molecule has 0 aliphatic carbocycles. The van der Waals surface area contributed by atoms with Gasteiger partial charge in [-0.05, 0) is 73.9 Å². The molecule has 3 rings (SSSR count). The van der Waals surface area contributed by atoms with E-state index in [0.29, 0.717) is 11.5 Å². The van der Waals surface area contributed by atoms with E-state index < -0.39 is 22.5 Å². The zero-order chi connectivity index (χ0) is 22.6. The van der Waals surface area contributed by atoms with Crippen LogP contribution in [0.5, 0.6) is 11.5 Å². The SMILES string of the molecule is COc1ccc(N(C(=O)COc2c(C)ccc(C)c2C)S(=O)(=O)c2ccccc2)cc1. The number of benzene rings is 3. The minimum atomic E-state index is -4.14. The molecule has 0 aliphatic heterocycles. The minimum Gasteiger partial charge on any atom is -0.497 e. The zero-order valence-corrected chi connectivity index (χ0v) is 18.8. The number of hydrogen-bond acceptors (Lipinski definition) is 5. The van der Waals surface area contributed by atoms with Crippen LogP contribution in [0.25, 0.3) is 0 Å². The predicted molar refractivity (Wildman–Crippen MR) is 120 cm³/mol. The normalized spacial score (nSPS) is 11.1. The summed E-state index contributed by atoms with van der Waals surface area (Å²) >= 11 is 0. The number of carbonyl (C=O) groups is 1. The molecule has 0 unspecified atom stereocenters. The second kappa shape index (κ2) is 9.22. The van der Waals surface area contributed by atoms with Gasteiger partial charge in [0.15, 0.2) is 6.61 Å². The Kier molecular flexibility index (Phi) is 6.65. The van der Waals surface area contributed by atoms with Gasteiger partial charge in [0.05, 0.1) is 17.7 Å². The van der Waals surface area contributed by atoms with E-state index in [9.17, 15) is 13.2 Å². The molecule has 162 valence electrons. The van der Waals surface area contributed by atoms with Crippen LogP contribution in [0.4, 0.5) is 5.69 Å². The molecule has 0 spiro atoms. The van der Waals surface area contributed by atoms with Crippen molar-refractivity contribution in [3.8, 4) is 11.5 Å². The van der Waals surface area contributed by atoms with Crippen LogP contribution >= 0.6 is 0 Å². The summed E-state index contributed by atoms with van der Waals surface area (Å²) in [5.41, 5.74) is 3.01. The average Bonchev–Trinajstić information content (AvgIpc) is 2.77. The first kappa shape index (κ1) is 22.4. The van der Waals surface area contributed by atoms with Gasteiger partial charge in [0, 0.05) is 0 Å². The third-order valence-corrected chi connectivity index (χ3v) is 6.79. The lowest BCUT2D eigenvalue weighted by molar-refractivity contribution is -0.119. The number of carbonyl (C=O) groups excluding carboxylic acids is 1. The van der Waals surface area contributed by atoms with Gasteiger partial charge in [-0.15, -0.1) is 0 Å². The number of sulfonamides is 1. The molecule has 3 aromatic rings. The first-order valence-electron chi connectivity index (χ1n) is 9.72. The molecular formula is C24H25NO5S. The van der Waals surface area contributed by atoms with E-state index in [2.05, 4.69) is 0 Å². The number of rotatable bonds is 7. The summed E-state index contributed by atoms with van der Waals surface area (Å²) in [4.78, 5) is 13.2. The summed E-state index contributed by atoms with van der Waals surface area (Å²) in [5, 5.41) is 0. The predicted octanol–water partition coefficient (Wildman–Crippen LogP) is 4.42. The molecule has 0 heterocycles. The fraction of sp³-hybridized carbons (Fsp3) is 0.208. The summed E-state index contributed by atoms with van der Waals surface area (Å²) in [6.07, 6.45) is 0. The summed E-state index contributed by atoms with van der Waals surface area (Å²) in [6.45, 7) is 5.31. The molecule has 0 bridgehead atoms. The Bertz CT molecular complexity index is 1170. The highest BCUT2D eigenvalue weighted by atomic mass is 32.2. The summed E-state index contributed by atoms with van der Waals surface area (Å²) < 4.78 is 38.4. The second-order valence-electron chi connectivity index (χ2n) is 7.12. The van der Waals surface area contributed by atoms with Gasteiger partial charge in [-0.25, -0.2) is 8.42 Å². The Morgan fingerprint density at radius 2 is 1.48 bits per heavy atom. The molecule has 0 saturated carbocycles. The number of aryl methyl sites for hydroxylation is 2. The van der Waals surface area contributed by atoms with Crippen LogP contribution in [0.2, 0.25) is 0 Å². The van der Waals surface area contributed by atoms with Gasteiger partial charge in [0.25, 0.3) is 15.9 Å². The van der Waals surface area contributed by atoms with E-state index in [1.165, 1.54) is 31.4 Å². The molecule has 0 radical (unpaired) electrons. The Balaban J connectivity index is 1.98. The van der Waals surface area contributed by atoms with Crippen molar-refractivity contribution in [1.29, 1.82) is 0 Å². The van der Waals surface area contributed by atoms with Gasteiger partial charge in [-0.2, -0.15) is 4.31 Å². The molecule has 0 aromatic heterocycles. The van der Waals surface area contributed by atoms with Gasteiger partial charge in [-0.3, -0.25) is 4.79 Å². The maximum atomic E-state index is 13.3. The van der Waals surface area contributed by atoms with Gasteiger partial charge in [0.1, 0.15) is 11.5 Å². The Morgan fingerprint density at radius 3 is 2.10 bits per heavy atom.